The van der Waals surface area contributed by atoms with Gasteiger partial charge in [-0.05, 0) is 67.4 Å². The van der Waals surface area contributed by atoms with Crippen LogP contribution in [0.3, 0.4) is 0 Å². The molecule has 4 rings (SSSR count). The molecule has 0 aliphatic heterocycles. The molecule has 3 aromatic carbocycles. The van der Waals surface area contributed by atoms with E-state index in [-0.39, 0.29) is 29.5 Å². The second-order valence-electron chi connectivity index (χ2n) is 8.35. The van der Waals surface area contributed by atoms with E-state index in [1.165, 1.54) is 36.0 Å². The molecule has 194 valence electrons. The number of hydrogen-bond acceptors (Lipinski definition) is 7. The Morgan fingerprint density at radius 1 is 1.03 bits per heavy atom. The summed E-state index contributed by atoms with van der Waals surface area (Å²) in [6.45, 7) is 3.95. The van der Waals surface area contributed by atoms with Crippen molar-refractivity contribution in [2.45, 2.75) is 25.5 Å². The highest BCUT2D eigenvalue weighted by Gasteiger charge is 2.18. The minimum atomic E-state index is -0.524. The molecule has 0 fully saturated rings. The lowest BCUT2D eigenvalue weighted by atomic mass is 10.1. The molecule has 0 radical (unpaired) electrons. The monoisotopic (exact) mass is 594 g/mol. The molecule has 2 N–H and O–H groups in total. The summed E-state index contributed by atoms with van der Waals surface area (Å²) in [6.07, 6.45) is 0. The second kappa shape index (κ2) is 12.0. The molecule has 0 saturated heterocycles. The predicted molar refractivity (Wildman–Crippen MR) is 149 cm³/mol. The van der Waals surface area contributed by atoms with Crippen molar-refractivity contribution in [3.05, 3.63) is 104 Å². The maximum absolute atomic E-state index is 12.7. The molecular formula is C26H23BrN6O4S. The fourth-order valence-electron chi connectivity index (χ4n) is 3.54. The van der Waals surface area contributed by atoms with E-state index in [2.05, 4.69) is 36.8 Å². The summed E-state index contributed by atoms with van der Waals surface area (Å²) >= 11 is 4.66. The summed E-state index contributed by atoms with van der Waals surface area (Å²) in [7, 11) is 0. The topological polar surface area (TPSA) is 132 Å². The van der Waals surface area contributed by atoms with Gasteiger partial charge in [0.25, 0.3) is 11.6 Å². The van der Waals surface area contributed by atoms with Crippen LogP contribution in [0.15, 0.2) is 76.4 Å². The number of amides is 2. The van der Waals surface area contributed by atoms with Crippen LogP contribution in [0.1, 0.15) is 27.3 Å². The Bertz CT molecular complexity index is 1490. The van der Waals surface area contributed by atoms with Crippen LogP contribution in [0.4, 0.5) is 11.4 Å². The van der Waals surface area contributed by atoms with E-state index < -0.39 is 10.8 Å². The molecule has 0 aliphatic carbocycles. The number of carbonyl (C=O) groups excluding carboxylic acids is 2. The van der Waals surface area contributed by atoms with Crippen molar-refractivity contribution >= 4 is 50.9 Å². The Labute approximate surface area is 231 Å². The number of hydrogen-bond donors (Lipinski definition) is 2. The van der Waals surface area contributed by atoms with E-state index in [1.807, 2.05) is 56.3 Å². The number of benzene rings is 3. The number of nitrogens with zero attached hydrogens (tertiary/aromatic N) is 4. The standard InChI is InChI=1S/C26H23BrN6O4S/c1-16-3-4-17(2)22(13-16)29-24(34)15-38-26-31-30-23(32(26)20-11-7-19(27)8-12-20)14-28-25(35)18-5-9-21(10-6-18)33(36)37/h3-13H,14-15H2,1-2H3,(H,28,35)(H,29,34). The van der Waals surface area contributed by atoms with Crippen LogP contribution in [0.2, 0.25) is 0 Å². The van der Waals surface area contributed by atoms with Crippen molar-refractivity contribution < 1.29 is 14.5 Å². The van der Waals surface area contributed by atoms with Crippen molar-refractivity contribution in [2.75, 3.05) is 11.1 Å². The number of nitro groups is 1. The van der Waals surface area contributed by atoms with Crippen LogP contribution >= 0.6 is 27.7 Å². The fourth-order valence-corrected chi connectivity index (χ4v) is 4.58. The third-order valence-electron chi connectivity index (χ3n) is 5.53. The fraction of sp³-hybridized carbons (Fsp3) is 0.154. The van der Waals surface area contributed by atoms with Crippen LogP contribution in [-0.4, -0.2) is 37.3 Å². The first-order chi connectivity index (χ1) is 18.2. The molecular weight excluding hydrogens is 572 g/mol. The number of aromatic nitrogens is 3. The molecule has 0 saturated carbocycles. The van der Waals surface area contributed by atoms with Crippen molar-refractivity contribution in [2.24, 2.45) is 0 Å². The summed E-state index contributed by atoms with van der Waals surface area (Å²) in [5.74, 6) is -0.0218. The molecule has 12 heteroatoms. The number of non-ortho nitro benzene ring substituents is 1. The number of halogens is 1. The van der Waals surface area contributed by atoms with Crippen molar-refractivity contribution in [3.63, 3.8) is 0 Å². The number of nitrogens with one attached hydrogen (secondary N) is 2. The summed E-state index contributed by atoms with van der Waals surface area (Å²) in [5, 5.41) is 25.6. The van der Waals surface area contributed by atoms with E-state index in [0.29, 0.717) is 11.0 Å². The highest BCUT2D eigenvalue weighted by molar-refractivity contribution is 9.10. The zero-order valence-corrected chi connectivity index (χ0v) is 22.9. The first-order valence-electron chi connectivity index (χ1n) is 11.4. The van der Waals surface area contributed by atoms with Gasteiger partial charge in [0.05, 0.1) is 17.2 Å². The third kappa shape index (κ3) is 6.64. The Balaban J connectivity index is 1.49. The van der Waals surface area contributed by atoms with Gasteiger partial charge >= 0.3 is 0 Å². The lowest BCUT2D eigenvalue weighted by molar-refractivity contribution is -0.384. The zero-order chi connectivity index (χ0) is 27.2. The molecule has 0 atom stereocenters. The number of aryl methyl sites for hydroxylation is 2. The van der Waals surface area contributed by atoms with Gasteiger partial charge in [-0.15, -0.1) is 10.2 Å². The largest absolute Gasteiger partial charge is 0.345 e. The summed E-state index contributed by atoms with van der Waals surface area (Å²) in [4.78, 5) is 35.7. The Morgan fingerprint density at radius 3 is 2.42 bits per heavy atom. The first-order valence-corrected chi connectivity index (χ1v) is 13.2. The van der Waals surface area contributed by atoms with Gasteiger partial charge in [0, 0.05) is 33.5 Å². The third-order valence-corrected chi connectivity index (χ3v) is 6.99. The SMILES string of the molecule is Cc1ccc(C)c(NC(=O)CSc2nnc(CNC(=O)c3ccc([N+](=O)[O-])cc3)n2-c2ccc(Br)cc2)c1. The second-order valence-corrected chi connectivity index (χ2v) is 10.2. The smallest absolute Gasteiger partial charge is 0.269 e. The summed E-state index contributed by atoms with van der Waals surface area (Å²) < 4.78 is 2.67. The molecule has 0 spiro atoms. The molecule has 0 unspecified atom stereocenters. The van der Waals surface area contributed by atoms with Gasteiger partial charge in [0.1, 0.15) is 0 Å². The predicted octanol–water partition coefficient (Wildman–Crippen LogP) is 5.22. The lowest BCUT2D eigenvalue weighted by Gasteiger charge is -2.12. The summed E-state index contributed by atoms with van der Waals surface area (Å²) in [5.41, 5.74) is 3.73. The molecule has 10 nitrogen and oxygen atoms in total. The molecule has 4 aromatic rings. The van der Waals surface area contributed by atoms with Crippen LogP contribution in [0.5, 0.6) is 0 Å². The molecule has 1 heterocycles. The normalized spacial score (nSPS) is 10.7. The minimum absolute atomic E-state index is 0.0497. The highest BCUT2D eigenvalue weighted by Crippen LogP contribution is 2.24. The van der Waals surface area contributed by atoms with Gasteiger partial charge in [0.15, 0.2) is 11.0 Å². The molecule has 0 aliphatic rings. The van der Waals surface area contributed by atoms with Crippen LogP contribution < -0.4 is 10.6 Å². The van der Waals surface area contributed by atoms with E-state index >= 15 is 0 Å². The van der Waals surface area contributed by atoms with Gasteiger partial charge < -0.3 is 10.6 Å². The lowest BCUT2D eigenvalue weighted by Crippen LogP contribution is -2.24. The molecule has 1 aromatic heterocycles. The highest BCUT2D eigenvalue weighted by atomic mass is 79.9. The first kappa shape index (κ1) is 27.0. The maximum atomic E-state index is 12.7. The van der Waals surface area contributed by atoms with E-state index in [1.54, 1.807) is 4.57 Å². The quantitative estimate of drug-likeness (QED) is 0.154. The van der Waals surface area contributed by atoms with Gasteiger partial charge in [-0.1, -0.05) is 39.8 Å². The van der Waals surface area contributed by atoms with E-state index in [0.717, 1.165) is 27.0 Å². The van der Waals surface area contributed by atoms with Crippen LogP contribution in [0.25, 0.3) is 5.69 Å². The van der Waals surface area contributed by atoms with Gasteiger partial charge in [-0.3, -0.25) is 24.3 Å². The van der Waals surface area contributed by atoms with Crippen LogP contribution in [-0.2, 0) is 11.3 Å². The van der Waals surface area contributed by atoms with Crippen molar-refractivity contribution in [1.29, 1.82) is 0 Å². The average molecular weight is 595 g/mol. The Kier molecular flexibility index (Phi) is 8.54. The van der Waals surface area contributed by atoms with Gasteiger partial charge in [0.2, 0.25) is 5.91 Å². The zero-order valence-electron chi connectivity index (χ0n) is 20.5. The van der Waals surface area contributed by atoms with Crippen molar-refractivity contribution in [1.82, 2.24) is 20.1 Å². The summed E-state index contributed by atoms with van der Waals surface area (Å²) in [6, 6.07) is 18.7. The van der Waals surface area contributed by atoms with Gasteiger partial charge in [-0.25, -0.2) is 0 Å². The number of nitro benzene ring substituents is 1. The molecule has 0 bridgehead atoms. The Morgan fingerprint density at radius 2 is 1.74 bits per heavy atom. The maximum Gasteiger partial charge on any atom is 0.269 e. The Hall–Kier alpha value is -4.03. The molecule has 38 heavy (non-hydrogen) atoms. The average Bonchev–Trinajstić information content (AvgIpc) is 3.31. The number of anilines is 1. The van der Waals surface area contributed by atoms with Crippen molar-refractivity contribution in [3.8, 4) is 5.69 Å². The number of rotatable bonds is 9. The molecule has 2 amide bonds. The van der Waals surface area contributed by atoms with Crippen LogP contribution in [0, 0.1) is 24.0 Å². The number of carbonyl (C=O) groups is 2. The minimum Gasteiger partial charge on any atom is -0.345 e. The van der Waals surface area contributed by atoms with E-state index in [4.69, 9.17) is 0 Å². The van der Waals surface area contributed by atoms with E-state index in [9.17, 15) is 19.7 Å². The number of thioether (sulfide) groups is 1. The van der Waals surface area contributed by atoms with Gasteiger partial charge in [-0.2, -0.15) is 0 Å².